The van der Waals surface area contributed by atoms with E-state index in [0.717, 1.165) is 73.6 Å². The van der Waals surface area contributed by atoms with Crippen LogP contribution in [0.4, 0.5) is 5.82 Å². The van der Waals surface area contributed by atoms with Gasteiger partial charge in [0.1, 0.15) is 22.3 Å². The molecule has 1 fully saturated rings. The molecular formula is C26H33N7OS. The Hall–Kier alpha value is -2.88. The van der Waals surface area contributed by atoms with Crippen LogP contribution >= 0.6 is 11.3 Å². The molecule has 0 amide bonds. The van der Waals surface area contributed by atoms with Crippen molar-refractivity contribution in [2.75, 3.05) is 44.2 Å². The molecule has 35 heavy (non-hydrogen) atoms. The van der Waals surface area contributed by atoms with Crippen molar-refractivity contribution in [2.24, 2.45) is 0 Å². The summed E-state index contributed by atoms with van der Waals surface area (Å²) in [6.07, 6.45) is 0. The maximum Gasteiger partial charge on any atom is 0.258 e. The van der Waals surface area contributed by atoms with E-state index in [0.29, 0.717) is 11.9 Å². The van der Waals surface area contributed by atoms with Crippen molar-refractivity contribution in [1.82, 2.24) is 29.7 Å². The number of thiophene rings is 1. The monoisotopic (exact) mass is 491 g/mol. The maximum atomic E-state index is 12.4. The summed E-state index contributed by atoms with van der Waals surface area (Å²) in [4.78, 5) is 39.6. The van der Waals surface area contributed by atoms with Gasteiger partial charge in [-0.2, -0.15) is 0 Å². The summed E-state index contributed by atoms with van der Waals surface area (Å²) < 4.78 is 0. The number of aryl methyl sites for hydroxylation is 2. The Morgan fingerprint density at radius 3 is 2.51 bits per heavy atom. The van der Waals surface area contributed by atoms with E-state index in [2.05, 4.69) is 52.4 Å². The summed E-state index contributed by atoms with van der Waals surface area (Å²) in [5.41, 5.74) is 1.96. The van der Waals surface area contributed by atoms with Gasteiger partial charge in [-0.3, -0.25) is 14.6 Å². The highest BCUT2D eigenvalue weighted by atomic mass is 32.1. The molecule has 0 radical (unpaired) electrons. The topological polar surface area (TPSA) is 81.3 Å². The fraction of sp³-hybridized carbons (Fsp3) is 0.462. The molecule has 1 N–H and O–H groups in total. The van der Waals surface area contributed by atoms with Crippen LogP contribution in [0.1, 0.15) is 35.9 Å². The first-order chi connectivity index (χ1) is 17.0. The standard InChI is InChI=1S/C26H33N7OS/c1-5-31(6-2)15-22-28-24(23-17(3)18(4)35-26(23)30-22)33-13-11-32(12-14-33)16-21-27-20-10-8-7-9-19(20)25(34)29-21/h7-10H,5-6,11-16H2,1-4H3,(H,27,29,34). The minimum Gasteiger partial charge on any atom is -0.353 e. The molecule has 0 unspecified atom stereocenters. The molecule has 1 aliphatic heterocycles. The Kier molecular flexibility index (Phi) is 6.82. The van der Waals surface area contributed by atoms with Crippen molar-refractivity contribution in [3.63, 3.8) is 0 Å². The Labute approximate surface area is 209 Å². The molecule has 1 saturated heterocycles. The van der Waals surface area contributed by atoms with Gasteiger partial charge in [0.2, 0.25) is 0 Å². The Morgan fingerprint density at radius 1 is 1.03 bits per heavy atom. The van der Waals surface area contributed by atoms with Gasteiger partial charge in [0.25, 0.3) is 5.56 Å². The normalized spacial score (nSPS) is 15.1. The van der Waals surface area contributed by atoms with E-state index < -0.39 is 0 Å². The molecule has 3 aromatic heterocycles. The highest BCUT2D eigenvalue weighted by Gasteiger charge is 2.24. The zero-order valence-electron chi connectivity index (χ0n) is 21.0. The zero-order valence-corrected chi connectivity index (χ0v) is 21.8. The van der Waals surface area contributed by atoms with E-state index in [-0.39, 0.29) is 5.56 Å². The van der Waals surface area contributed by atoms with Crippen LogP contribution in [-0.4, -0.2) is 69.0 Å². The Morgan fingerprint density at radius 2 is 1.77 bits per heavy atom. The first-order valence-electron chi connectivity index (χ1n) is 12.4. The van der Waals surface area contributed by atoms with Gasteiger partial charge in [0, 0.05) is 31.1 Å². The second-order valence-corrected chi connectivity index (χ2v) is 10.4. The third-order valence-corrected chi connectivity index (χ3v) is 8.12. The largest absolute Gasteiger partial charge is 0.353 e. The fourth-order valence-electron chi connectivity index (χ4n) is 4.76. The lowest BCUT2D eigenvalue weighted by Gasteiger charge is -2.35. The van der Waals surface area contributed by atoms with E-state index in [1.54, 1.807) is 11.3 Å². The number of benzene rings is 1. The van der Waals surface area contributed by atoms with Crippen LogP contribution in [0.5, 0.6) is 0 Å². The summed E-state index contributed by atoms with van der Waals surface area (Å²) in [7, 11) is 0. The molecule has 0 bridgehead atoms. The van der Waals surface area contributed by atoms with Crippen molar-refractivity contribution < 1.29 is 0 Å². The molecule has 4 heterocycles. The van der Waals surface area contributed by atoms with Gasteiger partial charge in [-0.05, 0) is 44.6 Å². The zero-order chi connectivity index (χ0) is 24.5. The number of nitrogens with one attached hydrogen (secondary N) is 1. The maximum absolute atomic E-state index is 12.4. The average Bonchev–Trinajstić information content (AvgIpc) is 3.15. The first-order valence-corrected chi connectivity index (χ1v) is 13.2. The van der Waals surface area contributed by atoms with Gasteiger partial charge in [-0.15, -0.1) is 11.3 Å². The predicted molar refractivity (Wildman–Crippen MR) is 143 cm³/mol. The highest BCUT2D eigenvalue weighted by molar-refractivity contribution is 7.18. The van der Waals surface area contributed by atoms with Gasteiger partial charge in [0.15, 0.2) is 0 Å². The Balaban J connectivity index is 1.36. The molecule has 0 spiro atoms. The fourth-order valence-corrected chi connectivity index (χ4v) is 5.80. The summed E-state index contributed by atoms with van der Waals surface area (Å²) in [6, 6.07) is 7.50. The predicted octanol–water partition coefficient (Wildman–Crippen LogP) is 3.71. The molecule has 1 aromatic carbocycles. The first kappa shape index (κ1) is 23.8. The van der Waals surface area contributed by atoms with Gasteiger partial charge >= 0.3 is 0 Å². The molecule has 0 saturated carbocycles. The van der Waals surface area contributed by atoms with E-state index in [1.165, 1.54) is 15.8 Å². The number of para-hydroxylation sites is 1. The minimum absolute atomic E-state index is 0.0725. The van der Waals surface area contributed by atoms with Gasteiger partial charge < -0.3 is 9.88 Å². The molecule has 5 rings (SSSR count). The number of hydrogen-bond acceptors (Lipinski definition) is 8. The van der Waals surface area contributed by atoms with Crippen molar-refractivity contribution in [1.29, 1.82) is 0 Å². The molecule has 0 aliphatic carbocycles. The van der Waals surface area contributed by atoms with E-state index >= 15 is 0 Å². The third-order valence-electron chi connectivity index (χ3n) is 7.02. The van der Waals surface area contributed by atoms with Crippen LogP contribution in [-0.2, 0) is 13.1 Å². The highest BCUT2D eigenvalue weighted by Crippen LogP contribution is 2.35. The molecular weight excluding hydrogens is 458 g/mol. The number of piperazine rings is 1. The summed E-state index contributed by atoms with van der Waals surface area (Å²) >= 11 is 1.77. The van der Waals surface area contributed by atoms with Crippen LogP contribution in [0.25, 0.3) is 21.1 Å². The molecule has 4 aromatic rings. The number of fused-ring (bicyclic) bond motifs is 2. The van der Waals surface area contributed by atoms with Crippen molar-refractivity contribution in [3.05, 3.63) is 56.7 Å². The van der Waals surface area contributed by atoms with Crippen LogP contribution < -0.4 is 10.5 Å². The SMILES string of the molecule is CCN(CC)Cc1nc(N2CCN(Cc3nc4ccccc4c(=O)[nH]3)CC2)c2c(C)c(C)sc2n1. The molecule has 0 atom stereocenters. The number of hydrogen-bond donors (Lipinski definition) is 1. The van der Waals surface area contributed by atoms with Crippen LogP contribution in [0.2, 0.25) is 0 Å². The van der Waals surface area contributed by atoms with Crippen molar-refractivity contribution >= 4 is 38.3 Å². The van der Waals surface area contributed by atoms with Crippen LogP contribution in [0.15, 0.2) is 29.1 Å². The molecule has 184 valence electrons. The van der Waals surface area contributed by atoms with Crippen molar-refractivity contribution in [2.45, 2.75) is 40.8 Å². The van der Waals surface area contributed by atoms with E-state index in [1.807, 2.05) is 24.3 Å². The number of rotatable bonds is 7. The Bertz CT molecular complexity index is 1400. The molecule has 8 nitrogen and oxygen atoms in total. The second kappa shape index (κ2) is 10.0. The van der Waals surface area contributed by atoms with Crippen LogP contribution in [0, 0.1) is 13.8 Å². The van der Waals surface area contributed by atoms with E-state index in [9.17, 15) is 4.79 Å². The number of aromatic amines is 1. The number of nitrogens with zero attached hydrogens (tertiary/aromatic N) is 6. The summed E-state index contributed by atoms with van der Waals surface area (Å²) in [6.45, 7) is 15.6. The van der Waals surface area contributed by atoms with Gasteiger partial charge in [-0.25, -0.2) is 15.0 Å². The van der Waals surface area contributed by atoms with Gasteiger partial charge in [-0.1, -0.05) is 26.0 Å². The molecule has 9 heteroatoms. The van der Waals surface area contributed by atoms with E-state index in [4.69, 9.17) is 9.97 Å². The number of anilines is 1. The summed E-state index contributed by atoms with van der Waals surface area (Å²) in [5.74, 6) is 2.69. The lowest BCUT2D eigenvalue weighted by molar-refractivity contribution is 0.243. The number of H-pyrrole nitrogens is 1. The minimum atomic E-state index is -0.0725. The second-order valence-electron chi connectivity index (χ2n) is 9.18. The quantitative estimate of drug-likeness (QED) is 0.422. The lowest BCUT2D eigenvalue weighted by Crippen LogP contribution is -2.46. The van der Waals surface area contributed by atoms with Crippen molar-refractivity contribution in [3.8, 4) is 0 Å². The lowest BCUT2D eigenvalue weighted by atomic mass is 10.2. The number of aromatic nitrogens is 4. The summed E-state index contributed by atoms with van der Waals surface area (Å²) in [5, 5.41) is 1.83. The third kappa shape index (κ3) is 4.80. The molecule has 1 aliphatic rings. The average molecular weight is 492 g/mol. The van der Waals surface area contributed by atoms with Crippen LogP contribution in [0.3, 0.4) is 0 Å². The smallest absolute Gasteiger partial charge is 0.258 e. The van der Waals surface area contributed by atoms with Gasteiger partial charge in [0.05, 0.1) is 29.4 Å².